The number of fused-ring (bicyclic) bond motifs is 1. The number of allylic oxidation sites excluding steroid dienone is 2. The van der Waals surface area contributed by atoms with Gasteiger partial charge in [-0.05, 0) is 18.6 Å². The highest BCUT2D eigenvalue weighted by Crippen LogP contribution is 2.11. The lowest BCUT2D eigenvalue weighted by molar-refractivity contribution is 1.29. The van der Waals surface area contributed by atoms with E-state index in [0.717, 1.165) is 17.8 Å². The zero-order valence-corrected chi connectivity index (χ0v) is 5.54. The average Bonchev–Trinajstić information content (AvgIpc) is 2.28. The molecular weight excluding hydrogens is 124 g/mol. The number of aromatic amines is 1. The molecule has 1 N–H and O–H groups in total. The molecule has 0 saturated carbocycles. The average molecular weight is 132 g/mol. The molecule has 1 aromatic rings. The largest absolute Gasteiger partial charge is 0.345 e. The van der Waals surface area contributed by atoms with Crippen molar-refractivity contribution >= 4 is 12.2 Å². The van der Waals surface area contributed by atoms with Crippen LogP contribution in [-0.4, -0.2) is 9.97 Å². The predicted molar refractivity (Wildman–Crippen MR) is 41.3 cm³/mol. The predicted octanol–water partition coefficient (Wildman–Crippen LogP) is 1.84. The molecular formula is C8H8N2. The smallest absolute Gasteiger partial charge is 0.0931 e. The van der Waals surface area contributed by atoms with E-state index in [1.165, 1.54) is 0 Å². The van der Waals surface area contributed by atoms with Gasteiger partial charge in [-0.3, -0.25) is 0 Å². The molecule has 0 aromatic carbocycles. The third kappa shape index (κ3) is 0.778. The van der Waals surface area contributed by atoms with E-state index in [0.29, 0.717) is 0 Å². The number of imidazole rings is 1. The summed E-state index contributed by atoms with van der Waals surface area (Å²) in [6.07, 6.45) is 11.0. The topological polar surface area (TPSA) is 28.7 Å². The standard InChI is InChI=1S/C8H8N2/c1-2-4-7-8(5-3-1)10-6-9-7/h2-6H,1H2,(H,9,10). The van der Waals surface area contributed by atoms with Crippen LogP contribution in [0.25, 0.3) is 12.2 Å². The third-order valence-electron chi connectivity index (χ3n) is 1.53. The highest BCUT2D eigenvalue weighted by atomic mass is 14.9. The van der Waals surface area contributed by atoms with Crippen LogP contribution in [-0.2, 0) is 0 Å². The monoisotopic (exact) mass is 132 g/mol. The van der Waals surface area contributed by atoms with Gasteiger partial charge in [0.2, 0.25) is 0 Å². The first-order valence-corrected chi connectivity index (χ1v) is 3.33. The van der Waals surface area contributed by atoms with Crippen molar-refractivity contribution < 1.29 is 0 Å². The van der Waals surface area contributed by atoms with Crippen LogP contribution in [0.3, 0.4) is 0 Å². The fourth-order valence-electron chi connectivity index (χ4n) is 1.03. The van der Waals surface area contributed by atoms with Crippen molar-refractivity contribution in [1.29, 1.82) is 0 Å². The van der Waals surface area contributed by atoms with Crippen molar-refractivity contribution in [2.45, 2.75) is 6.42 Å². The number of rotatable bonds is 0. The number of nitrogens with one attached hydrogen (secondary N) is 1. The second-order valence-corrected chi connectivity index (χ2v) is 2.24. The Morgan fingerprint density at radius 1 is 1.30 bits per heavy atom. The van der Waals surface area contributed by atoms with Gasteiger partial charge >= 0.3 is 0 Å². The molecule has 1 aliphatic rings. The highest BCUT2D eigenvalue weighted by molar-refractivity contribution is 5.61. The summed E-state index contributed by atoms with van der Waals surface area (Å²) in [5.74, 6) is 0. The maximum absolute atomic E-state index is 4.12. The normalized spacial score (nSPS) is 14.8. The number of H-pyrrole nitrogens is 1. The van der Waals surface area contributed by atoms with Gasteiger partial charge in [-0.25, -0.2) is 4.98 Å². The molecule has 0 saturated heterocycles. The molecule has 0 spiro atoms. The van der Waals surface area contributed by atoms with Crippen molar-refractivity contribution in [3.05, 3.63) is 29.9 Å². The van der Waals surface area contributed by atoms with Crippen LogP contribution >= 0.6 is 0 Å². The maximum atomic E-state index is 4.12. The minimum atomic E-state index is 1.00. The Kier molecular flexibility index (Phi) is 1.17. The molecule has 0 fully saturated rings. The molecule has 1 heterocycles. The lowest BCUT2D eigenvalue weighted by Crippen LogP contribution is -1.73. The molecule has 0 aliphatic heterocycles. The molecule has 1 aromatic heterocycles. The van der Waals surface area contributed by atoms with E-state index in [9.17, 15) is 0 Å². The molecule has 2 nitrogen and oxygen atoms in total. The van der Waals surface area contributed by atoms with E-state index in [-0.39, 0.29) is 0 Å². The van der Waals surface area contributed by atoms with Crippen LogP contribution in [0.2, 0.25) is 0 Å². The van der Waals surface area contributed by atoms with Gasteiger partial charge < -0.3 is 4.98 Å². The second-order valence-electron chi connectivity index (χ2n) is 2.24. The zero-order valence-electron chi connectivity index (χ0n) is 5.54. The van der Waals surface area contributed by atoms with Crippen LogP contribution in [0, 0.1) is 0 Å². The summed E-state index contributed by atoms with van der Waals surface area (Å²) in [5.41, 5.74) is 2.14. The van der Waals surface area contributed by atoms with Crippen LogP contribution < -0.4 is 0 Å². The van der Waals surface area contributed by atoms with E-state index in [4.69, 9.17) is 0 Å². The molecule has 1 aliphatic carbocycles. The maximum Gasteiger partial charge on any atom is 0.0931 e. The molecule has 10 heavy (non-hydrogen) atoms. The van der Waals surface area contributed by atoms with E-state index in [2.05, 4.69) is 28.2 Å². The van der Waals surface area contributed by atoms with Gasteiger partial charge in [0.15, 0.2) is 0 Å². The lowest BCUT2D eigenvalue weighted by Gasteiger charge is -1.83. The van der Waals surface area contributed by atoms with Gasteiger partial charge in [0, 0.05) is 0 Å². The number of nitrogens with zero attached hydrogens (tertiary/aromatic N) is 1. The van der Waals surface area contributed by atoms with Crippen LogP contribution in [0.4, 0.5) is 0 Å². The zero-order chi connectivity index (χ0) is 6.81. The number of hydrogen-bond donors (Lipinski definition) is 1. The van der Waals surface area contributed by atoms with Crippen LogP contribution in [0.15, 0.2) is 18.5 Å². The second kappa shape index (κ2) is 2.14. The first-order valence-electron chi connectivity index (χ1n) is 3.33. The molecule has 2 rings (SSSR count). The van der Waals surface area contributed by atoms with Crippen molar-refractivity contribution in [2.24, 2.45) is 0 Å². The van der Waals surface area contributed by atoms with E-state index < -0.39 is 0 Å². The first-order chi connectivity index (χ1) is 4.97. The van der Waals surface area contributed by atoms with E-state index in [1.807, 2.05) is 6.08 Å². The quantitative estimate of drug-likeness (QED) is 0.573. The van der Waals surface area contributed by atoms with Gasteiger partial charge in [0.05, 0.1) is 17.7 Å². The first kappa shape index (κ1) is 5.47. The van der Waals surface area contributed by atoms with E-state index in [1.54, 1.807) is 6.33 Å². The van der Waals surface area contributed by atoms with Crippen molar-refractivity contribution in [3.8, 4) is 0 Å². The van der Waals surface area contributed by atoms with Crippen molar-refractivity contribution in [1.82, 2.24) is 9.97 Å². The Morgan fingerprint density at radius 2 is 2.20 bits per heavy atom. The minimum absolute atomic E-state index is 1.00. The van der Waals surface area contributed by atoms with Gasteiger partial charge in [0.25, 0.3) is 0 Å². The fraction of sp³-hybridized carbons (Fsp3) is 0.125. The number of aromatic nitrogens is 2. The Hall–Kier alpha value is -1.31. The lowest BCUT2D eigenvalue weighted by atomic mass is 10.3. The fourth-order valence-corrected chi connectivity index (χ4v) is 1.03. The Bertz CT molecular complexity index is 255. The summed E-state index contributed by atoms with van der Waals surface area (Å²) < 4.78 is 0. The summed E-state index contributed by atoms with van der Waals surface area (Å²) >= 11 is 0. The van der Waals surface area contributed by atoms with Gasteiger partial charge in [0.1, 0.15) is 0 Å². The third-order valence-corrected chi connectivity index (χ3v) is 1.53. The highest BCUT2D eigenvalue weighted by Gasteiger charge is 1.98. The number of hydrogen-bond acceptors (Lipinski definition) is 1. The summed E-state index contributed by atoms with van der Waals surface area (Å²) in [5, 5.41) is 0. The molecule has 0 radical (unpaired) electrons. The summed E-state index contributed by atoms with van der Waals surface area (Å²) in [7, 11) is 0. The van der Waals surface area contributed by atoms with Gasteiger partial charge in [-0.2, -0.15) is 0 Å². The van der Waals surface area contributed by atoms with E-state index >= 15 is 0 Å². The molecule has 0 amide bonds. The Labute approximate surface area is 59.3 Å². The molecule has 2 heteroatoms. The minimum Gasteiger partial charge on any atom is -0.345 e. The molecule has 0 unspecified atom stereocenters. The van der Waals surface area contributed by atoms with Crippen LogP contribution in [0.1, 0.15) is 17.8 Å². The molecule has 50 valence electrons. The molecule has 0 atom stereocenters. The Morgan fingerprint density at radius 3 is 3.20 bits per heavy atom. The van der Waals surface area contributed by atoms with Crippen LogP contribution in [0.5, 0.6) is 0 Å². The summed E-state index contributed by atoms with van der Waals surface area (Å²) in [6, 6.07) is 0. The summed E-state index contributed by atoms with van der Waals surface area (Å²) in [4.78, 5) is 7.17. The van der Waals surface area contributed by atoms with Crippen molar-refractivity contribution in [2.75, 3.05) is 0 Å². The Balaban J connectivity index is 2.56. The molecule has 0 bridgehead atoms. The van der Waals surface area contributed by atoms with Gasteiger partial charge in [-0.15, -0.1) is 0 Å². The van der Waals surface area contributed by atoms with Gasteiger partial charge in [-0.1, -0.05) is 12.2 Å². The van der Waals surface area contributed by atoms with Crippen molar-refractivity contribution in [3.63, 3.8) is 0 Å². The SMILES string of the molecule is C1=Cc2nc[nH]c2C=CC1. The summed E-state index contributed by atoms with van der Waals surface area (Å²) in [6.45, 7) is 0.